The predicted molar refractivity (Wildman–Crippen MR) is 67.0 cm³/mol. The smallest absolute Gasteiger partial charge is 0.240 e. The molecule has 0 amide bonds. The normalized spacial score (nSPS) is 11.2. The minimum Gasteiger partial charge on any atom is -0.326 e. The van der Waals surface area contributed by atoms with Gasteiger partial charge in [0.25, 0.3) is 0 Å². The van der Waals surface area contributed by atoms with Gasteiger partial charge in [-0.15, -0.1) is 12.4 Å². The van der Waals surface area contributed by atoms with E-state index in [4.69, 9.17) is 5.73 Å². The van der Waals surface area contributed by atoms with Crippen molar-refractivity contribution in [3.8, 4) is 0 Å². The number of sulfonamides is 1. The van der Waals surface area contributed by atoms with Gasteiger partial charge in [0.1, 0.15) is 0 Å². The van der Waals surface area contributed by atoms with Crippen LogP contribution in [0.5, 0.6) is 0 Å². The van der Waals surface area contributed by atoms with E-state index in [-0.39, 0.29) is 23.3 Å². The summed E-state index contributed by atoms with van der Waals surface area (Å²) in [4.78, 5) is 0.263. The van der Waals surface area contributed by atoms with Gasteiger partial charge in [-0.3, -0.25) is 0 Å². The van der Waals surface area contributed by atoms with Gasteiger partial charge in [0, 0.05) is 12.6 Å². The Kier molecular flexibility index (Phi) is 5.96. The molecular weight excluding hydrogens is 248 g/mol. The van der Waals surface area contributed by atoms with Gasteiger partial charge in [-0.05, 0) is 31.5 Å². The van der Waals surface area contributed by atoms with E-state index >= 15 is 0 Å². The topological polar surface area (TPSA) is 72.2 Å². The molecule has 0 spiro atoms. The molecule has 0 aliphatic heterocycles. The van der Waals surface area contributed by atoms with Crippen LogP contribution in [0.1, 0.15) is 19.4 Å². The standard InChI is InChI=1S/C10H16N2O2S.ClH/c1-8(2)12-15(13,14)10-5-3-4-9(6-10)7-11;/h3-6,8,12H,7,11H2,1-2H3;1H. The summed E-state index contributed by atoms with van der Waals surface area (Å²) in [6.45, 7) is 3.90. The lowest BCUT2D eigenvalue weighted by Crippen LogP contribution is -2.30. The highest BCUT2D eigenvalue weighted by atomic mass is 35.5. The second-order valence-electron chi connectivity index (χ2n) is 3.63. The summed E-state index contributed by atoms with van der Waals surface area (Å²) in [6.07, 6.45) is 0. The van der Waals surface area contributed by atoms with Gasteiger partial charge in [0.05, 0.1) is 4.90 Å². The lowest BCUT2D eigenvalue weighted by Gasteiger charge is -2.10. The van der Waals surface area contributed by atoms with Crippen LogP contribution in [0.25, 0.3) is 0 Å². The molecule has 16 heavy (non-hydrogen) atoms. The maximum atomic E-state index is 11.8. The summed E-state index contributed by atoms with van der Waals surface area (Å²) in [5.74, 6) is 0. The van der Waals surface area contributed by atoms with Crippen molar-refractivity contribution in [1.29, 1.82) is 0 Å². The van der Waals surface area contributed by atoms with Crippen LogP contribution in [0, 0.1) is 0 Å². The number of hydrogen-bond acceptors (Lipinski definition) is 3. The SMILES string of the molecule is CC(C)NS(=O)(=O)c1cccc(CN)c1.Cl. The van der Waals surface area contributed by atoms with Crippen molar-refractivity contribution in [2.75, 3.05) is 0 Å². The van der Waals surface area contributed by atoms with Crippen molar-refractivity contribution in [3.05, 3.63) is 29.8 Å². The summed E-state index contributed by atoms with van der Waals surface area (Å²) >= 11 is 0. The third-order valence-electron chi connectivity index (χ3n) is 1.84. The highest BCUT2D eigenvalue weighted by Crippen LogP contribution is 2.11. The predicted octanol–water partition coefficient (Wildman–Crippen LogP) is 1.25. The third kappa shape index (κ3) is 4.09. The zero-order chi connectivity index (χ0) is 11.5. The molecule has 1 aromatic rings. The van der Waals surface area contributed by atoms with Crippen molar-refractivity contribution in [2.24, 2.45) is 5.73 Å². The zero-order valence-electron chi connectivity index (χ0n) is 9.30. The number of rotatable bonds is 4. The molecule has 0 bridgehead atoms. The minimum atomic E-state index is -3.40. The molecule has 92 valence electrons. The number of hydrogen-bond donors (Lipinski definition) is 2. The molecule has 0 aliphatic carbocycles. The van der Waals surface area contributed by atoms with Gasteiger partial charge in [0.15, 0.2) is 0 Å². The zero-order valence-corrected chi connectivity index (χ0v) is 10.9. The van der Waals surface area contributed by atoms with E-state index in [0.29, 0.717) is 6.54 Å². The summed E-state index contributed by atoms with van der Waals surface area (Å²) in [5.41, 5.74) is 6.26. The highest BCUT2D eigenvalue weighted by molar-refractivity contribution is 7.89. The van der Waals surface area contributed by atoms with Gasteiger partial charge >= 0.3 is 0 Å². The number of benzene rings is 1. The summed E-state index contributed by atoms with van der Waals surface area (Å²) in [6, 6.07) is 6.52. The second-order valence-corrected chi connectivity index (χ2v) is 5.34. The van der Waals surface area contributed by atoms with Crippen LogP contribution in [0.4, 0.5) is 0 Å². The van der Waals surface area contributed by atoms with Crippen molar-refractivity contribution in [1.82, 2.24) is 4.72 Å². The molecule has 0 radical (unpaired) electrons. The number of nitrogens with one attached hydrogen (secondary N) is 1. The Labute approximate surface area is 103 Å². The quantitative estimate of drug-likeness (QED) is 0.860. The van der Waals surface area contributed by atoms with E-state index in [2.05, 4.69) is 4.72 Å². The van der Waals surface area contributed by atoms with Crippen molar-refractivity contribution in [3.63, 3.8) is 0 Å². The molecule has 0 atom stereocenters. The van der Waals surface area contributed by atoms with Crippen LogP contribution in [-0.2, 0) is 16.6 Å². The van der Waals surface area contributed by atoms with E-state index in [1.807, 2.05) is 0 Å². The molecule has 0 fully saturated rings. The summed E-state index contributed by atoms with van der Waals surface area (Å²) < 4.78 is 26.0. The van der Waals surface area contributed by atoms with Crippen LogP contribution in [-0.4, -0.2) is 14.5 Å². The van der Waals surface area contributed by atoms with E-state index in [1.165, 1.54) is 0 Å². The lowest BCUT2D eigenvalue weighted by atomic mass is 10.2. The molecule has 1 rings (SSSR count). The van der Waals surface area contributed by atoms with Gasteiger partial charge in [0.2, 0.25) is 10.0 Å². The molecule has 6 heteroatoms. The first-order chi connectivity index (χ1) is 6.95. The molecule has 0 saturated carbocycles. The van der Waals surface area contributed by atoms with E-state index in [9.17, 15) is 8.42 Å². The Morgan fingerprint density at radius 1 is 1.38 bits per heavy atom. The van der Waals surface area contributed by atoms with Crippen LogP contribution in [0.3, 0.4) is 0 Å². The lowest BCUT2D eigenvalue weighted by molar-refractivity contribution is 0.569. The van der Waals surface area contributed by atoms with Crippen molar-refractivity contribution < 1.29 is 8.42 Å². The van der Waals surface area contributed by atoms with E-state index in [1.54, 1.807) is 38.1 Å². The van der Waals surface area contributed by atoms with Crippen LogP contribution >= 0.6 is 12.4 Å². The molecule has 0 unspecified atom stereocenters. The second kappa shape index (κ2) is 6.20. The number of halogens is 1. The number of nitrogens with two attached hydrogens (primary N) is 1. The average Bonchev–Trinajstić information content (AvgIpc) is 2.16. The Hall–Kier alpha value is -0.620. The average molecular weight is 265 g/mol. The monoisotopic (exact) mass is 264 g/mol. The molecule has 3 N–H and O–H groups in total. The Morgan fingerprint density at radius 2 is 2.00 bits per heavy atom. The largest absolute Gasteiger partial charge is 0.326 e. The fourth-order valence-corrected chi connectivity index (χ4v) is 2.54. The molecule has 0 aromatic heterocycles. The molecule has 1 aromatic carbocycles. The molecule has 0 saturated heterocycles. The van der Waals surface area contributed by atoms with Crippen LogP contribution in [0.15, 0.2) is 29.2 Å². The molecule has 4 nitrogen and oxygen atoms in total. The maximum absolute atomic E-state index is 11.8. The summed E-state index contributed by atoms with van der Waals surface area (Å²) in [7, 11) is -3.40. The van der Waals surface area contributed by atoms with Gasteiger partial charge in [-0.2, -0.15) is 0 Å². The highest BCUT2D eigenvalue weighted by Gasteiger charge is 2.14. The first kappa shape index (κ1) is 15.4. The van der Waals surface area contributed by atoms with E-state index in [0.717, 1.165) is 5.56 Å². The van der Waals surface area contributed by atoms with Gasteiger partial charge in [-0.1, -0.05) is 12.1 Å². The molecule has 0 aliphatic rings. The van der Waals surface area contributed by atoms with Crippen molar-refractivity contribution in [2.45, 2.75) is 31.3 Å². The minimum absolute atomic E-state index is 0. The van der Waals surface area contributed by atoms with Gasteiger partial charge < -0.3 is 5.73 Å². The van der Waals surface area contributed by atoms with E-state index < -0.39 is 10.0 Å². The fourth-order valence-electron chi connectivity index (χ4n) is 1.22. The Bertz CT molecular complexity index is 432. The summed E-state index contributed by atoms with van der Waals surface area (Å²) in [5, 5.41) is 0. The molecule has 0 heterocycles. The first-order valence-electron chi connectivity index (χ1n) is 4.77. The van der Waals surface area contributed by atoms with Crippen LogP contribution < -0.4 is 10.5 Å². The first-order valence-corrected chi connectivity index (χ1v) is 6.25. The van der Waals surface area contributed by atoms with Crippen LogP contribution in [0.2, 0.25) is 0 Å². The molecular formula is C10H17ClN2O2S. The Morgan fingerprint density at radius 3 is 2.50 bits per heavy atom. The fraction of sp³-hybridized carbons (Fsp3) is 0.400. The van der Waals surface area contributed by atoms with Crippen molar-refractivity contribution >= 4 is 22.4 Å². The third-order valence-corrected chi connectivity index (χ3v) is 3.49. The van der Waals surface area contributed by atoms with Gasteiger partial charge in [-0.25, -0.2) is 13.1 Å². The maximum Gasteiger partial charge on any atom is 0.240 e. The Balaban J connectivity index is 0.00000225.